The molecule has 2 saturated carbocycles. The molecule has 2 aliphatic rings. The Balaban J connectivity index is 1.40. The molecule has 156 valence electrons. The minimum Gasteiger partial charge on any atom is -0.342 e. The Morgan fingerprint density at radius 3 is 1.96 bits per heavy atom. The van der Waals surface area contributed by atoms with Gasteiger partial charge in [0.2, 0.25) is 0 Å². The van der Waals surface area contributed by atoms with Crippen LogP contribution in [-0.4, -0.2) is 35.5 Å². The molecule has 2 fully saturated rings. The molecule has 0 bridgehead atoms. The monoisotopic (exact) mass is 385 g/mol. The maximum atomic E-state index is 11.9. The normalized spacial score (nSPS) is 19.2. The van der Waals surface area contributed by atoms with E-state index in [2.05, 4.69) is 0 Å². The van der Waals surface area contributed by atoms with Crippen LogP contribution in [0, 0.1) is 11.8 Å². The van der Waals surface area contributed by atoms with Gasteiger partial charge in [-0.15, -0.1) is 0 Å². The van der Waals surface area contributed by atoms with E-state index in [1.54, 1.807) is 0 Å². The molecular weight excluding hydrogens is 350 g/mol. The fourth-order valence-corrected chi connectivity index (χ4v) is 3.83. The summed E-state index contributed by atoms with van der Waals surface area (Å²) in [7, 11) is 0. The van der Waals surface area contributed by atoms with Crippen molar-refractivity contribution in [2.75, 3.05) is 13.2 Å². The summed E-state index contributed by atoms with van der Waals surface area (Å²) in [4.78, 5) is 38.6. The maximum absolute atomic E-state index is 11.9. The standard InChI is InChI=1S/C20H35NO6/c22-19(17-11-5-3-6-12-17)26-21(24)15-9-1-2-10-16-25-27-20(23)18-13-7-4-8-14-18/h17-18,24H,1-16H2. The highest BCUT2D eigenvalue weighted by Crippen LogP contribution is 2.25. The largest absolute Gasteiger partial charge is 0.345 e. The summed E-state index contributed by atoms with van der Waals surface area (Å²) in [6, 6.07) is 0. The van der Waals surface area contributed by atoms with Crippen molar-refractivity contribution in [3.8, 4) is 0 Å². The van der Waals surface area contributed by atoms with Gasteiger partial charge in [0.05, 0.1) is 25.0 Å². The molecule has 7 heteroatoms. The van der Waals surface area contributed by atoms with Crippen LogP contribution in [0.5, 0.6) is 0 Å². The molecule has 2 rings (SSSR count). The first-order valence-electron chi connectivity index (χ1n) is 10.7. The van der Waals surface area contributed by atoms with Crippen molar-refractivity contribution < 1.29 is 29.4 Å². The first-order chi connectivity index (χ1) is 13.2. The van der Waals surface area contributed by atoms with E-state index in [0.29, 0.717) is 18.4 Å². The van der Waals surface area contributed by atoms with Crippen molar-refractivity contribution in [2.45, 2.75) is 89.9 Å². The van der Waals surface area contributed by atoms with E-state index in [9.17, 15) is 14.8 Å². The first kappa shape index (κ1) is 22.1. The van der Waals surface area contributed by atoms with Gasteiger partial charge < -0.3 is 4.84 Å². The van der Waals surface area contributed by atoms with Gasteiger partial charge in [0.25, 0.3) is 0 Å². The number of nitrogens with zero attached hydrogens (tertiary/aromatic N) is 1. The van der Waals surface area contributed by atoms with Gasteiger partial charge in [-0.25, -0.2) is 9.59 Å². The van der Waals surface area contributed by atoms with Crippen molar-refractivity contribution in [3.63, 3.8) is 0 Å². The van der Waals surface area contributed by atoms with Crippen LogP contribution in [0.2, 0.25) is 0 Å². The average Bonchev–Trinajstić information content (AvgIpc) is 2.71. The molecule has 0 spiro atoms. The zero-order valence-corrected chi connectivity index (χ0v) is 16.4. The number of hydroxylamine groups is 2. The molecule has 0 unspecified atom stereocenters. The molecule has 0 aliphatic heterocycles. The zero-order chi connectivity index (χ0) is 19.3. The molecule has 0 saturated heterocycles. The van der Waals surface area contributed by atoms with Crippen molar-refractivity contribution in [1.29, 1.82) is 0 Å². The van der Waals surface area contributed by atoms with Crippen LogP contribution in [0.4, 0.5) is 0 Å². The van der Waals surface area contributed by atoms with Crippen LogP contribution in [0.15, 0.2) is 0 Å². The number of hydrogen-bond donors (Lipinski definition) is 1. The van der Waals surface area contributed by atoms with Crippen molar-refractivity contribution >= 4 is 11.9 Å². The summed E-state index contributed by atoms with van der Waals surface area (Å²) in [5.74, 6) is -0.608. The third-order valence-corrected chi connectivity index (χ3v) is 5.54. The predicted molar refractivity (Wildman–Crippen MR) is 98.2 cm³/mol. The van der Waals surface area contributed by atoms with E-state index in [1.807, 2.05) is 0 Å². The summed E-state index contributed by atoms with van der Waals surface area (Å²) in [6.07, 6.45) is 13.5. The highest BCUT2D eigenvalue weighted by Gasteiger charge is 2.24. The minimum atomic E-state index is -0.314. The van der Waals surface area contributed by atoms with Crippen molar-refractivity contribution in [1.82, 2.24) is 5.23 Å². The van der Waals surface area contributed by atoms with Gasteiger partial charge in [-0.1, -0.05) is 51.4 Å². The molecule has 0 aromatic rings. The summed E-state index contributed by atoms with van der Waals surface area (Å²) in [5.41, 5.74) is 0. The summed E-state index contributed by atoms with van der Waals surface area (Å²) in [6.45, 7) is 0.688. The van der Waals surface area contributed by atoms with Gasteiger partial charge in [0.1, 0.15) is 0 Å². The van der Waals surface area contributed by atoms with Crippen LogP contribution >= 0.6 is 0 Å². The number of hydrogen-bond acceptors (Lipinski definition) is 7. The van der Waals surface area contributed by atoms with Gasteiger partial charge in [-0.3, -0.25) is 10.1 Å². The average molecular weight is 386 g/mol. The molecule has 0 aromatic heterocycles. The van der Waals surface area contributed by atoms with E-state index >= 15 is 0 Å². The second kappa shape index (κ2) is 13.1. The van der Waals surface area contributed by atoms with Crippen molar-refractivity contribution in [3.05, 3.63) is 0 Å². The number of carbonyl (C=O) groups excluding carboxylic acids is 2. The summed E-state index contributed by atoms with van der Waals surface area (Å²) < 4.78 is 0. The van der Waals surface area contributed by atoms with E-state index in [1.165, 1.54) is 12.8 Å². The lowest BCUT2D eigenvalue weighted by molar-refractivity contribution is -0.320. The van der Waals surface area contributed by atoms with Gasteiger partial charge in [-0.05, 0) is 43.8 Å². The lowest BCUT2D eigenvalue weighted by Gasteiger charge is -2.22. The van der Waals surface area contributed by atoms with E-state index in [0.717, 1.165) is 77.0 Å². The zero-order valence-electron chi connectivity index (χ0n) is 16.4. The Bertz CT molecular complexity index is 432. The molecule has 1 N–H and O–H groups in total. The molecule has 2 aliphatic carbocycles. The highest BCUT2D eigenvalue weighted by atomic mass is 17.2. The Kier molecular flexibility index (Phi) is 10.7. The molecular formula is C20H35NO6. The molecule has 0 radical (unpaired) electrons. The van der Waals surface area contributed by atoms with Crippen LogP contribution < -0.4 is 0 Å². The predicted octanol–water partition coefficient (Wildman–Crippen LogP) is 4.33. The van der Waals surface area contributed by atoms with Crippen LogP contribution in [0.25, 0.3) is 0 Å². The van der Waals surface area contributed by atoms with Crippen molar-refractivity contribution in [2.24, 2.45) is 11.8 Å². The molecule has 0 aromatic carbocycles. The second-order valence-corrected chi connectivity index (χ2v) is 7.79. The van der Waals surface area contributed by atoms with E-state index in [4.69, 9.17) is 14.6 Å². The quantitative estimate of drug-likeness (QED) is 0.322. The molecule has 7 nitrogen and oxygen atoms in total. The maximum Gasteiger partial charge on any atom is 0.345 e. The van der Waals surface area contributed by atoms with E-state index in [-0.39, 0.29) is 23.8 Å². The van der Waals surface area contributed by atoms with E-state index < -0.39 is 0 Å². The molecule has 27 heavy (non-hydrogen) atoms. The van der Waals surface area contributed by atoms with Crippen LogP contribution in [0.1, 0.15) is 89.9 Å². The summed E-state index contributed by atoms with van der Waals surface area (Å²) >= 11 is 0. The lowest BCUT2D eigenvalue weighted by atomic mass is 9.89. The Morgan fingerprint density at radius 1 is 0.778 bits per heavy atom. The third-order valence-electron chi connectivity index (χ3n) is 5.54. The molecule has 0 amide bonds. The second-order valence-electron chi connectivity index (χ2n) is 7.79. The lowest BCUT2D eigenvalue weighted by Crippen LogP contribution is -2.30. The van der Waals surface area contributed by atoms with Gasteiger partial charge in [-0.2, -0.15) is 4.89 Å². The molecule has 0 atom stereocenters. The van der Waals surface area contributed by atoms with Crippen LogP contribution in [-0.2, 0) is 24.2 Å². The SMILES string of the molecule is O=C(OOCCCCCCN(O)OC(=O)C1CCCCC1)C1CCCCC1. The Morgan fingerprint density at radius 2 is 1.33 bits per heavy atom. The van der Waals surface area contributed by atoms with Gasteiger partial charge in [0.15, 0.2) is 0 Å². The van der Waals surface area contributed by atoms with Gasteiger partial charge >= 0.3 is 11.9 Å². The number of rotatable bonds is 11. The van der Waals surface area contributed by atoms with Gasteiger partial charge in [0, 0.05) is 0 Å². The van der Waals surface area contributed by atoms with Crippen LogP contribution in [0.3, 0.4) is 0 Å². The third kappa shape index (κ3) is 9.04. The topological polar surface area (TPSA) is 85.3 Å². The summed E-state index contributed by atoms with van der Waals surface area (Å²) in [5, 5.41) is 10.4. The molecule has 0 heterocycles. The minimum absolute atomic E-state index is 0.00519. The smallest absolute Gasteiger partial charge is 0.342 e. The fourth-order valence-electron chi connectivity index (χ4n) is 3.83. The highest BCUT2D eigenvalue weighted by molar-refractivity contribution is 5.72. The fraction of sp³-hybridized carbons (Fsp3) is 0.900. The Labute approximate surface area is 162 Å². The number of unbranched alkanes of at least 4 members (excludes halogenated alkanes) is 3. The Hall–Kier alpha value is -1.18. The number of carbonyl (C=O) groups is 2. The first-order valence-corrected chi connectivity index (χ1v) is 10.7.